The van der Waals surface area contributed by atoms with Crippen molar-refractivity contribution in [3.05, 3.63) is 100 Å². The number of ether oxygens (including phenoxy) is 1. The maximum Gasteiger partial charge on any atom is 0.256 e. The first-order chi connectivity index (χ1) is 17.4. The van der Waals surface area contributed by atoms with E-state index in [1.165, 1.54) is 18.5 Å². The van der Waals surface area contributed by atoms with Crippen molar-refractivity contribution in [2.75, 3.05) is 13.1 Å². The number of carbonyl (C=O) groups excluding carboxylic acids is 1. The Hall–Kier alpha value is -3.71. The summed E-state index contributed by atoms with van der Waals surface area (Å²) in [5.74, 6) is -1.39. The molecule has 1 spiro atoms. The highest BCUT2D eigenvalue weighted by Crippen LogP contribution is 2.43. The molecule has 4 aromatic rings. The zero-order chi connectivity index (χ0) is 24.9. The van der Waals surface area contributed by atoms with Gasteiger partial charge in [-0.05, 0) is 35.9 Å². The first-order valence-corrected chi connectivity index (χ1v) is 12.1. The van der Waals surface area contributed by atoms with Crippen LogP contribution in [0.4, 0.5) is 14.5 Å². The second kappa shape index (κ2) is 8.75. The average molecular weight is 506 g/mol. The number of carbonyl (C=O) groups is 1. The van der Waals surface area contributed by atoms with Crippen LogP contribution in [0.1, 0.15) is 34.3 Å². The van der Waals surface area contributed by atoms with Gasteiger partial charge in [0, 0.05) is 60.7 Å². The van der Waals surface area contributed by atoms with Gasteiger partial charge < -0.3 is 14.2 Å². The minimum Gasteiger partial charge on any atom is -0.472 e. The third-order valence-electron chi connectivity index (χ3n) is 7.07. The number of benzene rings is 3. The monoisotopic (exact) mass is 505 g/mol. The van der Waals surface area contributed by atoms with E-state index in [2.05, 4.69) is 4.99 Å². The van der Waals surface area contributed by atoms with Gasteiger partial charge in [0.15, 0.2) is 6.40 Å². The maximum atomic E-state index is 13.8. The third kappa shape index (κ3) is 3.93. The number of aliphatic imine (C=N–C) groups is 1. The highest BCUT2D eigenvalue weighted by atomic mass is 35.5. The molecule has 0 saturated carbocycles. The van der Waals surface area contributed by atoms with Crippen LogP contribution in [0.3, 0.4) is 0 Å². The Morgan fingerprint density at radius 3 is 2.56 bits per heavy atom. The fraction of sp³-hybridized carbons (Fsp3) is 0.214. The van der Waals surface area contributed by atoms with Crippen molar-refractivity contribution in [1.82, 2.24) is 9.47 Å². The Labute approximate surface area is 211 Å². The summed E-state index contributed by atoms with van der Waals surface area (Å²) < 4.78 is 35.4. The van der Waals surface area contributed by atoms with Crippen molar-refractivity contribution < 1.29 is 18.3 Å². The highest BCUT2D eigenvalue weighted by Gasteiger charge is 2.42. The lowest BCUT2D eigenvalue weighted by atomic mass is 9.82. The van der Waals surface area contributed by atoms with Gasteiger partial charge in [-0.25, -0.2) is 13.8 Å². The molecule has 182 valence electrons. The van der Waals surface area contributed by atoms with Gasteiger partial charge >= 0.3 is 0 Å². The SMILES string of the molecule is O=C(c1cn(Cc2cc(F)cc(F)c2)c2cc(Cl)ccc12)N1CCC2(CC1)OC=Nc1ccccc12. The standard InChI is InChI=1S/C28H22ClF2N3O2/c29-19-5-6-22-23(16-34(26(22)13-19)15-18-11-20(30)14-21(31)12-18)27(35)33-9-7-28(8-10-33)24-3-1-2-4-25(24)32-17-36-28/h1-6,11-14,16-17H,7-10,15H2. The van der Waals surface area contributed by atoms with Crippen molar-refractivity contribution in [1.29, 1.82) is 0 Å². The first kappa shape index (κ1) is 22.7. The molecule has 0 unspecified atom stereocenters. The Kier molecular flexibility index (Phi) is 5.52. The third-order valence-corrected chi connectivity index (χ3v) is 7.31. The molecule has 36 heavy (non-hydrogen) atoms. The molecule has 0 aliphatic carbocycles. The van der Waals surface area contributed by atoms with E-state index in [-0.39, 0.29) is 12.5 Å². The largest absolute Gasteiger partial charge is 0.472 e. The van der Waals surface area contributed by atoms with Crippen molar-refractivity contribution in [2.24, 2.45) is 4.99 Å². The van der Waals surface area contributed by atoms with Gasteiger partial charge in [-0.15, -0.1) is 0 Å². The fourth-order valence-electron chi connectivity index (χ4n) is 5.31. The molecule has 1 aromatic heterocycles. The van der Waals surface area contributed by atoms with Gasteiger partial charge in [-0.2, -0.15) is 0 Å². The van der Waals surface area contributed by atoms with Crippen LogP contribution in [-0.2, 0) is 16.9 Å². The predicted molar refractivity (Wildman–Crippen MR) is 135 cm³/mol. The molecule has 2 aliphatic heterocycles. The van der Waals surface area contributed by atoms with Crippen LogP contribution in [0.2, 0.25) is 5.02 Å². The number of fused-ring (bicyclic) bond motifs is 3. The van der Waals surface area contributed by atoms with Gasteiger partial charge in [0.2, 0.25) is 0 Å². The van der Waals surface area contributed by atoms with Gasteiger partial charge in [0.25, 0.3) is 5.91 Å². The summed E-state index contributed by atoms with van der Waals surface area (Å²) in [5, 5.41) is 1.26. The summed E-state index contributed by atoms with van der Waals surface area (Å²) in [6.45, 7) is 1.25. The summed E-state index contributed by atoms with van der Waals surface area (Å²) >= 11 is 6.25. The molecule has 1 saturated heterocycles. The minimum absolute atomic E-state index is 0.0980. The van der Waals surface area contributed by atoms with Crippen molar-refractivity contribution >= 4 is 40.5 Å². The summed E-state index contributed by atoms with van der Waals surface area (Å²) in [6.07, 6.45) is 4.55. The van der Waals surface area contributed by atoms with E-state index in [1.54, 1.807) is 18.3 Å². The number of hydrogen-bond donors (Lipinski definition) is 0. The zero-order valence-corrected chi connectivity index (χ0v) is 20.0. The van der Waals surface area contributed by atoms with Gasteiger partial charge in [-0.3, -0.25) is 4.79 Å². The van der Waals surface area contributed by atoms with Crippen molar-refractivity contribution in [3.63, 3.8) is 0 Å². The number of piperidine rings is 1. The number of likely N-dealkylation sites (tertiary alicyclic amines) is 1. The molecule has 0 N–H and O–H groups in total. The molecule has 1 amide bonds. The molecule has 5 nitrogen and oxygen atoms in total. The minimum atomic E-state index is -0.644. The van der Waals surface area contributed by atoms with Gasteiger partial charge in [-0.1, -0.05) is 35.9 Å². The van der Waals surface area contributed by atoms with E-state index in [0.29, 0.717) is 42.1 Å². The van der Waals surface area contributed by atoms with E-state index in [4.69, 9.17) is 16.3 Å². The lowest BCUT2D eigenvalue weighted by molar-refractivity contribution is -0.00614. The molecular weight excluding hydrogens is 484 g/mol. The molecule has 6 rings (SSSR count). The molecule has 3 heterocycles. The van der Waals surface area contributed by atoms with E-state index in [1.807, 2.05) is 39.8 Å². The maximum absolute atomic E-state index is 13.8. The van der Waals surface area contributed by atoms with Crippen molar-refractivity contribution in [3.8, 4) is 0 Å². The summed E-state index contributed by atoms with van der Waals surface area (Å²) in [7, 11) is 0. The number of para-hydroxylation sites is 1. The van der Waals surface area contributed by atoms with Gasteiger partial charge in [0.05, 0.1) is 16.8 Å². The normalized spacial score (nSPS) is 16.2. The molecule has 3 aromatic carbocycles. The molecule has 0 atom stereocenters. The zero-order valence-electron chi connectivity index (χ0n) is 19.3. The quantitative estimate of drug-likeness (QED) is 0.321. The molecule has 0 bridgehead atoms. The molecule has 0 radical (unpaired) electrons. The Morgan fingerprint density at radius 2 is 1.78 bits per heavy atom. The van der Waals surface area contributed by atoms with E-state index in [9.17, 15) is 13.6 Å². The Balaban J connectivity index is 1.29. The van der Waals surface area contributed by atoms with Crippen LogP contribution >= 0.6 is 11.6 Å². The van der Waals surface area contributed by atoms with Crippen LogP contribution in [0.15, 0.2) is 71.9 Å². The molecular formula is C28H22ClF2N3O2. The van der Waals surface area contributed by atoms with Gasteiger partial charge in [0.1, 0.15) is 17.2 Å². The van der Waals surface area contributed by atoms with Crippen LogP contribution < -0.4 is 0 Å². The number of halogens is 3. The Morgan fingerprint density at radius 1 is 1.03 bits per heavy atom. The lowest BCUT2D eigenvalue weighted by Gasteiger charge is -2.42. The summed E-state index contributed by atoms with van der Waals surface area (Å²) in [4.78, 5) is 19.9. The van der Waals surface area contributed by atoms with E-state index >= 15 is 0 Å². The summed E-state index contributed by atoms with van der Waals surface area (Å²) in [5.41, 5.74) is 3.17. The van der Waals surface area contributed by atoms with Crippen LogP contribution in [0.25, 0.3) is 10.9 Å². The number of hydrogen-bond acceptors (Lipinski definition) is 3. The average Bonchev–Trinajstić information content (AvgIpc) is 3.21. The second-order valence-corrected chi connectivity index (χ2v) is 9.70. The first-order valence-electron chi connectivity index (χ1n) is 11.7. The van der Waals surface area contributed by atoms with Crippen LogP contribution in [-0.4, -0.2) is 34.9 Å². The van der Waals surface area contributed by atoms with Crippen molar-refractivity contribution in [2.45, 2.75) is 25.0 Å². The predicted octanol–water partition coefficient (Wildman–Crippen LogP) is 6.44. The van der Waals surface area contributed by atoms with E-state index < -0.39 is 17.2 Å². The Bertz CT molecular complexity index is 1500. The molecule has 1 fully saturated rings. The van der Waals surface area contributed by atoms with Crippen LogP contribution in [0, 0.1) is 11.6 Å². The number of rotatable bonds is 3. The number of aromatic nitrogens is 1. The smallest absolute Gasteiger partial charge is 0.256 e. The topological polar surface area (TPSA) is 46.8 Å². The fourth-order valence-corrected chi connectivity index (χ4v) is 5.48. The molecule has 8 heteroatoms. The van der Waals surface area contributed by atoms with Crippen LogP contribution in [0.5, 0.6) is 0 Å². The number of amides is 1. The number of nitrogens with zero attached hydrogens (tertiary/aromatic N) is 3. The summed E-state index contributed by atoms with van der Waals surface area (Å²) in [6, 6.07) is 16.7. The van der Waals surface area contributed by atoms with E-state index in [0.717, 1.165) is 28.2 Å². The lowest BCUT2D eigenvalue weighted by Crippen LogP contribution is -2.47. The highest BCUT2D eigenvalue weighted by molar-refractivity contribution is 6.31. The second-order valence-electron chi connectivity index (χ2n) is 9.27. The molecule has 2 aliphatic rings.